The Bertz CT molecular complexity index is 649. The maximum Gasteiger partial charge on any atom is 0.308 e. The fraction of sp³-hybridized carbons (Fsp3) is 0.333. The Morgan fingerprint density at radius 2 is 2.09 bits per heavy atom. The number of carbonyl (C=O) groups is 2. The van der Waals surface area contributed by atoms with E-state index in [2.05, 4.69) is 5.32 Å². The van der Waals surface area contributed by atoms with E-state index >= 15 is 0 Å². The van der Waals surface area contributed by atoms with Gasteiger partial charge in [-0.2, -0.15) is 0 Å². The van der Waals surface area contributed by atoms with Gasteiger partial charge in [0.1, 0.15) is 5.76 Å². The van der Waals surface area contributed by atoms with E-state index in [9.17, 15) is 14.7 Å². The summed E-state index contributed by atoms with van der Waals surface area (Å²) in [4.78, 5) is 23.2. The van der Waals surface area contributed by atoms with Gasteiger partial charge in [0, 0.05) is 19.4 Å². The van der Waals surface area contributed by atoms with E-state index in [1.807, 2.05) is 37.3 Å². The number of furan rings is 1. The van der Waals surface area contributed by atoms with Gasteiger partial charge in [-0.15, -0.1) is 0 Å². The predicted octanol–water partition coefficient (Wildman–Crippen LogP) is 2.58. The first kappa shape index (κ1) is 16.8. The zero-order valence-corrected chi connectivity index (χ0v) is 13.1. The number of carboxylic acid groups (broad SMARTS) is 1. The topological polar surface area (TPSA) is 79.5 Å². The van der Waals surface area contributed by atoms with Crippen molar-refractivity contribution in [2.75, 3.05) is 6.54 Å². The molecule has 0 radical (unpaired) electrons. The van der Waals surface area contributed by atoms with E-state index in [0.29, 0.717) is 12.8 Å². The van der Waals surface area contributed by atoms with Gasteiger partial charge in [-0.05, 0) is 31.0 Å². The minimum absolute atomic E-state index is 0.125. The van der Waals surface area contributed by atoms with E-state index < -0.39 is 11.9 Å². The van der Waals surface area contributed by atoms with E-state index in [4.69, 9.17) is 4.42 Å². The normalized spacial score (nSPS) is 11.9. The first-order chi connectivity index (χ1) is 11.0. The van der Waals surface area contributed by atoms with Crippen LogP contribution in [0.4, 0.5) is 0 Å². The lowest BCUT2D eigenvalue weighted by Gasteiger charge is -2.14. The molecule has 1 unspecified atom stereocenters. The summed E-state index contributed by atoms with van der Waals surface area (Å²) in [6.45, 7) is 2.09. The molecule has 1 aromatic heterocycles. The minimum Gasteiger partial charge on any atom is -0.481 e. The van der Waals surface area contributed by atoms with Crippen molar-refractivity contribution in [3.63, 3.8) is 0 Å². The molecule has 0 saturated carbocycles. The van der Waals surface area contributed by atoms with Crippen LogP contribution in [0.25, 0.3) is 0 Å². The largest absolute Gasteiger partial charge is 0.481 e. The third-order valence-corrected chi connectivity index (χ3v) is 3.64. The molecule has 23 heavy (non-hydrogen) atoms. The van der Waals surface area contributed by atoms with Gasteiger partial charge < -0.3 is 14.8 Å². The van der Waals surface area contributed by atoms with Crippen LogP contribution in [0.5, 0.6) is 0 Å². The van der Waals surface area contributed by atoms with Crippen molar-refractivity contribution in [1.29, 1.82) is 0 Å². The standard InChI is InChI=1S/C18H21NO4/c1-13-4-2-5-14(10-13)11-15(18(21)22)12-19-17(20)8-7-16-6-3-9-23-16/h2-6,9-10,15H,7-8,11-12H2,1H3,(H,19,20)(H,21,22). The van der Waals surface area contributed by atoms with Gasteiger partial charge >= 0.3 is 5.97 Å². The summed E-state index contributed by atoms with van der Waals surface area (Å²) in [6.07, 6.45) is 2.75. The molecule has 2 N–H and O–H groups in total. The van der Waals surface area contributed by atoms with Crippen molar-refractivity contribution >= 4 is 11.9 Å². The van der Waals surface area contributed by atoms with Crippen LogP contribution >= 0.6 is 0 Å². The average molecular weight is 315 g/mol. The lowest BCUT2D eigenvalue weighted by Crippen LogP contribution is -2.34. The molecule has 0 saturated heterocycles. The molecule has 1 atom stereocenters. The molecular weight excluding hydrogens is 294 g/mol. The highest BCUT2D eigenvalue weighted by molar-refractivity contribution is 5.77. The van der Waals surface area contributed by atoms with Crippen LogP contribution in [0, 0.1) is 12.8 Å². The Hall–Kier alpha value is -2.56. The molecule has 1 amide bonds. The fourth-order valence-electron chi connectivity index (χ4n) is 2.39. The highest BCUT2D eigenvalue weighted by Crippen LogP contribution is 2.11. The number of aryl methyl sites for hydroxylation is 2. The van der Waals surface area contributed by atoms with Crippen molar-refractivity contribution in [3.8, 4) is 0 Å². The molecule has 0 aliphatic heterocycles. The number of carboxylic acids is 1. The second-order valence-electron chi connectivity index (χ2n) is 5.61. The number of nitrogens with one attached hydrogen (secondary N) is 1. The lowest BCUT2D eigenvalue weighted by molar-refractivity contribution is -0.141. The number of hydrogen-bond acceptors (Lipinski definition) is 3. The number of benzene rings is 1. The maximum absolute atomic E-state index is 11.8. The van der Waals surface area contributed by atoms with Crippen molar-refractivity contribution in [2.45, 2.75) is 26.2 Å². The van der Waals surface area contributed by atoms with Gasteiger partial charge in [0.2, 0.25) is 5.91 Å². The van der Waals surface area contributed by atoms with E-state index in [0.717, 1.165) is 16.9 Å². The predicted molar refractivity (Wildman–Crippen MR) is 86.0 cm³/mol. The zero-order valence-electron chi connectivity index (χ0n) is 13.1. The number of carbonyl (C=O) groups excluding carboxylic acids is 1. The summed E-state index contributed by atoms with van der Waals surface area (Å²) < 4.78 is 5.16. The average Bonchev–Trinajstić information content (AvgIpc) is 3.02. The minimum atomic E-state index is -0.905. The Labute approximate surface area is 135 Å². The van der Waals surface area contributed by atoms with Gasteiger partial charge in [-0.1, -0.05) is 29.8 Å². The van der Waals surface area contributed by atoms with Crippen molar-refractivity contribution in [3.05, 3.63) is 59.5 Å². The molecule has 0 aliphatic carbocycles. The molecule has 1 heterocycles. The Balaban J connectivity index is 1.82. The number of aliphatic carboxylic acids is 1. The first-order valence-electron chi connectivity index (χ1n) is 7.62. The summed E-state index contributed by atoms with van der Waals surface area (Å²) >= 11 is 0. The summed E-state index contributed by atoms with van der Waals surface area (Å²) in [6, 6.07) is 11.3. The van der Waals surface area contributed by atoms with Gasteiger partial charge in [-0.3, -0.25) is 9.59 Å². The Morgan fingerprint density at radius 1 is 1.26 bits per heavy atom. The number of rotatable bonds is 8. The summed E-state index contributed by atoms with van der Waals surface area (Å²) in [7, 11) is 0. The molecular formula is C18H21NO4. The lowest BCUT2D eigenvalue weighted by atomic mass is 9.98. The van der Waals surface area contributed by atoms with Crippen LogP contribution in [-0.2, 0) is 22.4 Å². The van der Waals surface area contributed by atoms with Gasteiger partial charge in [-0.25, -0.2) is 0 Å². The third kappa shape index (κ3) is 5.62. The van der Waals surface area contributed by atoms with Gasteiger partial charge in [0.15, 0.2) is 0 Å². The molecule has 5 heteroatoms. The van der Waals surface area contributed by atoms with Crippen LogP contribution in [0.1, 0.15) is 23.3 Å². The third-order valence-electron chi connectivity index (χ3n) is 3.64. The molecule has 0 fully saturated rings. The van der Waals surface area contributed by atoms with Crippen molar-refractivity contribution in [2.24, 2.45) is 5.92 Å². The van der Waals surface area contributed by atoms with Crippen LogP contribution in [0.3, 0.4) is 0 Å². The summed E-state index contributed by atoms with van der Waals surface area (Å²) in [5.74, 6) is -0.964. The van der Waals surface area contributed by atoms with Crippen molar-refractivity contribution in [1.82, 2.24) is 5.32 Å². The Morgan fingerprint density at radius 3 is 2.74 bits per heavy atom. The Kier molecular flexibility index (Phi) is 5.97. The van der Waals surface area contributed by atoms with Crippen LogP contribution < -0.4 is 5.32 Å². The number of amides is 1. The SMILES string of the molecule is Cc1cccc(CC(CNC(=O)CCc2ccco2)C(=O)O)c1. The monoisotopic (exact) mass is 315 g/mol. The highest BCUT2D eigenvalue weighted by atomic mass is 16.4. The van der Waals surface area contributed by atoms with E-state index in [1.54, 1.807) is 12.3 Å². The molecule has 2 aromatic rings. The second kappa shape index (κ2) is 8.17. The highest BCUT2D eigenvalue weighted by Gasteiger charge is 2.19. The molecule has 0 aliphatic rings. The van der Waals surface area contributed by atoms with E-state index in [1.165, 1.54) is 0 Å². The first-order valence-corrected chi connectivity index (χ1v) is 7.62. The molecule has 1 aromatic carbocycles. The van der Waals surface area contributed by atoms with Crippen LogP contribution in [0.2, 0.25) is 0 Å². The number of hydrogen-bond donors (Lipinski definition) is 2. The van der Waals surface area contributed by atoms with Gasteiger partial charge in [0.05, 0.1) is 12.2 Å². The smallest absolute Gasteiger partial charge is 0.308 e. The molecule has 5 nitrogen and oxygen atoms in total. The summed E-state index contributed by atoms with van der Waals surface area (Å²) in [5.41, 5.74) is 2.05. The molecule has 122 valence electrons. The van der Waals surface area contributed by atoms with Gasteiger partial charge in [0.25, 0.3) is 0 Å². The maximum atomic E-state index is 11.8. The van der Waals surface area contributed by atoms with E-state index in [-0.39, 0.29) is 18.9 Å². The van der Waals surface area contributed by atoms with Crippen LogP contribution in [0.15, 0.2) is 47.1 Å². The quantitative estimate of drug-likeness (QED) is 0.784. The molecule has 0 bridgehead atoms. The summed E-state index contributed by atoms with van der Waals surface area (Å²) in [5, 5.41) is 12.0. The van der Waals surface area contributed by atoms with Crippen molar-refractivity contribution < 1.29 is 19.1 Å². The molecule has 0 spiro atoms. The zero-order chi connectivity index (χ0) is 16.7. The fourth-order valence-corrected chi connectivity index (χ4v) is 2.39. The second-order valence-corrected chi connectivity index (χ2v) is 5.61. The van der Waals surface area contributed by atoms with Crippen LogP contribution in [-0.4, -0.2) is 23.5 Å². The molecule has 2 rings (SSSR count).